The molecule has 0 saturated heterocycles. The van der Waals surface area contributed by atoms with Gasteiger partial charge in [-0.3, -0.25) is 0 Å². The molecule has 21 heavy (non-hydrogen) atoms. The lowest BCUT2D eigenvalue weighted by Crippen LogP contribution is -1.99. The Morgan fingerprint density at radius 1 is 1.19 bits per heavy atom. The number of fused-ring (bicyclic) bond motifs is 2. The highest BCUT2D eigenvalue weighted by molar-refractivity contribution is 5.81. The predicted octanol–water partition coefficient (Wildman–Crippen LogP) is 2.72. The van der Waals surface area contributed by atoms with Crippen LogP contribution >= 0.6 is 0 Å². The van der Waals surface area contributed by atoms with E-state index in [0.717, 1.165) is 46.8 Å². The zero-order valence-corrected chi connectivity index (χ0v) is 12.0. The third-order valence-corrected chi connectivity index (χ3v) is 3.72. The first-order valence-electron chi connectivity index (χ1n) is 7.11. The number of aryl methyl sites for hydroxylation is 2. The molecule has 0 bridgehead atoms. The maximum absolute atomic E-state index is 4.68. The maximum atomic E-state index is 4.68. The van der Waals surface area contributed by atoms with Crippen molar-refractivity contribution >= 4 is 22.2 Å². The molecular weight excluding hydrogens is 264 g/mol. The number of nitrogens with one attached hydrogen (secondary N) is 1. The second kappa shape index (κ2) is 4.44. The average Bonchev–Trinajstić information content (AvgIpc) is 3.14. The number of hydrogen-bond acceptors (Lipinski definition) is 3. The van der Waals surface area contributed by atoms with E-state index in [1.807, 2.05) is 36.1 Å². The lowest BCUT2D eigenvalue weighted by molar-refractivity contribution is 0.617. The van der Waals surface area contributed by atoms with Crippen molar-refractivity contribution in [3.8, 4) is 11.6 Å². The first-order chi connectivity index (χ1) is 10.3. The number of aromatic nitrogens is 6. The third-order valence-electron chi connectivity index (χ3n) is 3.72. The Kier molecular flexibility index (Phi) is 2.57. The summed E-state index contributed by atoms with van der Waals surface area (Å²) in [4.78, 5) is 12.7. The minimum Gasteiger partial charge on any atom is -0.333 e. The highest BCUT2D eigenvalue weighted by atomic mass is 15.3. The van der Waals surface area contributed by atoms with Crippen molar-refractivity contribution in [2.24, 2.45) is 7.05 Å². The molecule has 0 amide bonds. The van der Waals surface area contributed by atoms with Gasteiger partial charge in [0.15, 0.2) is 17.3 Å². The van der Waals surface area contributed by atoms with Crippen LogP contribution in [-0.4, -0.2) is 29.3 Å². The Labute approximate surface area is 121 Å². The van der Waals surface area contributed by atoms with E-state index in [0.29, 0.717) is 0 Å². The molecule has 4 rings (SSSR count). The quantitative estimate of drug-likeness (QED) is 0.627. The molecule has 0 aliphatic carbocycles. The van der Waals surface area contributed by atoms with Crippen LogP contribution in [0.1, 0.15) is 13.3 Å². The summed E-state index contributed by atoms with van der Waals surface area (Å²) in [6.07, 6.45) is 2.86. The van der Waals surface area contributed by atoms with Crippen molar-refractivity contribution in [1.29, 1.82) is 0 Å². The molecule has 1 N–H and O–H groups in total. The predicted molar refractivity (Wildman–Crippen MR) is 81.9 cm³/mol. The van der Waals surface area contributed by atoms with Gasteiger partial charge >= 0.3 is 0 Å². The van der Waals surface area contributed by atoms with Crippen LogP contribution in [0.5, 0.6) is 0 Å². The largest absolute Gasteiger partial charge is 0.333 e. The van der Waals surface area contributed by atoms with Crippen LogP contribution in [0, 0.1) is 0 Å². The Balaban J connectivity index is 1.90. The van der Waals surface area contributed by atoms with Gasteiger partial charge in [0, 0.05) is 13.6 Å². The molecular formula is C15H16N6. The van der Waals surface area contributed by atoms with Crippen molar-refractivity contribution in [2.75, 3.05) is 0 Å². The lowest BCUT2D eigenvalue weighted by atomic mass is 10.3. The number of benzene rings is 1. The van der Waals surface area contributed by atoms with Gasteiger partial charge in [-0.1, -0.05) is 19.1 Å². The smallest absolute Gasteiger partial charge is 0.177 e. The molecule has 0 spiro atoms. The zero-order chi connectivity index (χ0) is 14.4. The van der Waals surface area contributed by atoms with Gasteiger partial charge in [-0.25, -0.2) is 14.6 Å². The summed E-state index contributed by atoms with van der Waals surface area (Å²) >= 11 is 0. The molecule has 0 fully saturated rings. The molecule has 3 aromatic heterocycles. The van der Waals surface area contributed by atoms with Crippen molar-refractivity contribution in [2.45, 2.75) is 19.9 Å². The van der Waals surface area contributed by atoms with E-state index in [-0.39, 0.29) is 0 Å². The Morgan fingerprint density at radius 3 is 2.86 bits per heavy atom. The summed E-state index contributed by atoms with van der Waals surface area (Å²) in [5, 5.41) is 4.34. The minimum atomic E-state index is 0.783. The van der Waals surface area contributed by atoms with Crippen LogP contribution in [0.2, 0.25) is 0 Å². The van der Waals surface area contributed by atoms with Crippen LogP contribution in [0.4, 0.5) is 0 Å². The Bertz CT molecular complexity index is 926. The van der Waals surface area contributed by atoms with Crippen molar-refractivity contribution in [3.05, 3.63) is 30.5 Å². The van der Waals surface area contributed by atoms with Gasteiger partial charge in [0.05, 0.1) is 17.2 Å². The average molecular weight is 280 g/mol. The standard InChI is InChI=1S/C15H16N6/c1-3-8-21-14-11(9-16-21)17-13(19-14)15-18-10-6-4-5-7-12(10)20(15)2/h4-7,9H,3,8H2,1-2H3,(H,17,19). The fourth-order valence-electron chi connectivity index (χ4n) is 2.69. The number of para-hydroxylation sites is 2. The second-order valence-electron chi connectivity index (χ2n) is 5.17. The van der Waals surface area contributed by atoms with Crippen molar-refractivity contribution in [1.82, 2.24) is 29.3 Å². The number of rotatable bonds is 3. The fourth-order valence-corrected chi connectivity index (χ4v) is 2.69. The van der Waals surface area contributed by atoms with Gasteiger partial charge in [-0.2, -0.15) is 5.10 Å². The van der Waals surface area contributed by atoms with Gasteiger partial charge in [-0.05, 0) is 18.6 Å². The Morgan fingerprint density at radius 2 is 2.05 bits per heavy atom. The topological polar surface area (TPSA) is 64.3 Å². The van der Waals surface area contributed by atoms with Crippen LogP contribution in [0.15, 0.2) is 30.5 Å². The number of aromatic amines is 1. The number of imidazole rings is 2. The molecule has 6 nitrogen and oxygen atoms in total. The van der Waals surface area contributed by atoms with Crippen LogP contribution in [0.3, 0.4) is 0 Å². The normalized spacial score (nSPS) is 11.7. The molecule has 0 aliphatic rings. The molecule has 106 valence electrons. The van der Waals surface area contributed by atoms with Crippen molar-refractivity contribution in [3.63, 3.8) is 0 Å². The van der Waals surface area contributed by atoms with Crippen LogP contribution in [0.25, 0.3) is 33.8 Å². The van der Waals surface area contributed by atoms with E-state index in [1.165, 1.54) is 0 Å². The Hall–Kier alpha value is -2.63. The summed E-state index contributed by atoms with van der Waals surface area (Å²) in [7, 11) is 2.01. The molecule has 4 aromatic rings. The fraction of sp³-hybridized carbons (Fsp3) is 0.267. The van der Waals surface area contributed by atoms with Gasteiger partial charge in [0.1, 0.15) is 5.52 Å². The third kappa shape index (κ3) is 1.75. The minimum absolute atomic E-state index is 0.783. The molecule has 1 aromatic carbocycles. The molecule has 0 radical (unpaired) electrons. The highest BCUT2D eigenvalue weighted by Gasteiger charge is 2.15. The highest BCUT2D eigenvalue weighted by Crippen LogP contribution is 2.23. The molecule has 3 heterocycles. The molecule has 0 atom stereocenters. The lowest BCUT2D eigenvalue weighted by Gasteiger charge is -1.99. The van der Waals surface area contributed by atoms with E-state index in [9.17, 15) is 0 Å². The molecule has 0 saturated carbocycles. The van der Waals surface area contributed by atoms with E-state index in [1.54, 1.807) is 0 Å². The van der Waals surface area contributed by atoms with Gasteiger partial charge < -0.3 is 9.55 Å². The summed E-state index contributed by atoms with van der Waals surface area (Å²) < 4.78 is 3.99. The summed E-state index contributed by atoms with van der Waals surface area (Å²) in [6.45, 7) is 3.00. The van der Waals surface area contributed by atoms with Crippen LogP contribution < -0.4 is 0 Å². The van der Waals surface area contributed by atoms with E-state index in [2.05, 4.69) is 37.6 Å². The SMILES string of the molecule is CCCn1ncc2[nH]c(-c3nc4ccccc4n3C)nc21. The van der Waals surface area contributed by atoms with Gasteiger partial charge in [0.25, 0.3) is 0 Å². The first-order valence-corrected chi connectivity index (χ1v) is 7.11. The number of H-pyrrole nitrogens is 1. The molecule has 6 heteroatoms. The zero-order valence-electron chi connectivity index (χ0n) is 12.0. The summed E-state index contributed by atoms with van der Waals surface area (Å²) in [5.74, 6) is 1.63. The summed E-state index contributed by atoms with van der Waals surface area (Å²) in [5.41, 5.74) is 3.91. The second-order valence-corrected chi connectivity index (χ2v) is 5.17. The van der Waals surface area contributed by atoms with E-state index >= 15 is 0 Å². The maximum Gasteiger partial charge on any atom is 0.177 e. The number of hydrogen-bond donors (Lipinski definition) is 1. The summed E-state index contributed by atoms with van der Waals surface area (Å²) in [6, 6.07) is 8.09. The molecule has 0 unspecified atom stereocenters. The van der Waals surface area contributed by atoms with E-state index in [4.69, 9.17) is 0 Å². The van der Waals surface area contributed by atoms with Gasteiger partial charge in [0.2, 0.25) is 0 Å². The molecule has 0 aliphatic heterocycles. The number of nitrogens with zero attached hydrogens (tertiary/aromatic N) is 5. The van der Waals surface area contributed by atoms with E-state index < -0.39 is 0 Å². The first kappa shape index (κ1) is 12.1. The monoisotopic (exact) mass is 280 g/mol. The van der Waals surface area contributed by atoms with Crippen LogP contribution in [-0.2, 0) is 13.6 Å². The van der Waals surface area contributed by atoms with Crippen molar-refractivity contribution < 1.29 is 0 Å². The van der Waals surface area contributed by atoms with Gasteiger partial charge in [-0.15, -0.1) is 0 Å².